The van der Waals surface area contributed by atoms with Crippen LogP contribution in [0.2, 0.25) is 0 Å². The van der Waals surface area contributed by atoms with E-state index in [2.05, 4.69) is 5.10 Å². The molecule has 0 unspecified atom stereocenters. The van der Waals surface area contributed by atoms with E-state index in [9.17, 15) is 0 Å². The molecule has 2 aromatic rings. The van der Waals surface area contributed by atoms with Crippen LogP contribution in [0.3, 0.4) is 0 Å². The van der Waals surface area contributed by atoms with Gasteiger partial charge in [-0.2, -0.15) is 5.10 Å². The minimum absolute atomic E-state index is 0.465. The number of aromatic nitrogens is 2. The summed E-state index contributed by atoms with van der Waals surface area (Å²) in [7, 11) is 1.63. The number of nitrogens with two attached hydrogens (primary N) is 1. The highest BCUT2D eigenvalue weighted by Crippen LogP contribution is 2.22. The molecule has 0 atom stereocenters. The van der Waals surface area contributed by atoms with Crippen LogP contribution in [-0.4, -0.2) is 23.5 Å². The Balaban J connectivity index is 1.95. The largest absolute Gasteiger partial charge is 0.497 e. The number of benzene rings is 1. The zero-order valence-corrected chi connectivity index (χ0v) is 10.4. The van der Waals surface area contributed by atoms with E-state index in [1.807, 2.05) is 35.1 Å². The maximum Gasteiger partial charge on any atom is 0.123 e. The summed E-state index contributed by atoms with van der Waals surface area (Å²) in [6.45, 7) is 1.73. The third-order valence-corrected chi connectivity index (χ3v) is 2.56. The van der Waals surface area contributed by atoms with Gasteiger partial charge in [-0.15, -0.1) is 0 Å². The van der Waals surface area contributed by atoms with Crippen LogP contribution in [0.4, 0.5) is 0 Å². The summed E-state index contributed by atoms with van der Waals surface area (Å²) in [5.74, 6) is 1.52. The van der Waals surface area contributed by atoms with Gasteiger partial charge in [-0.25, -0.2) is 0 Å². The van der Waals surface area contributed by atoms with Crippen LogP contribution >= 0.6 is 0 Å². The molecule has 0 saturated heterocycles. The Morgan fingerprint density at radius 3 is 2.78 bits per heavy atom. The average Bonchev–Trinajstić information content (AvgIpc) is 2.91. The fourth-order valence-corrected chi connectivity index (χ4v) is 1.64. The van der Waals surface area contributed by atoms with E-state index in [0.717, 1.165) is 17.1 Å². The van der Waals surface area contributed by atoms with E-state index in [-0.39, 0.29) is 0 Å². The molecular formula is C13H17N3O2. The molecule has 2 rings (SSSR count). The first-order valence-electron chi connectivity index (χ1n) is 5.80. The number of hydrogen-bond donors (Lipinski definition) is 1. The number of hydrogen-bond acceptors (Lipinski definition) is 4. The molecule has 5 nitrogen and oxygen atoms in total. The molecule has 1 aromatic heterocycles. The monoisotopic (exact) mass is 247 g/mol. The van der Waals surface area contributed by atoms with E-state index in [1.54, 1.807) is 13.3 Å². The Morgan fingerprint density at radius 1 is 1.28 bits per heavy atom. The molecule has 0 radical (unpaired) electrons. The van der Waals surface area contributed by atoms with Crippen molar-refractivity contribution < 1.29 is 9.47 Å². The van der Waals surface area contributed by atoms with Gasteiger partial charge < -0.3 is 15.2 Å². The van der Waals surface area contributed by atoms with E-state index >= 15 is 0 Å². The summed E-state index contributed by atoms with van der Waals surface area (Å²) < 4.78 is 12.7. The van der Waals surface area contributed by atoms with Gasteiger partial charge in [0.05, 0.1) is 13.7 Å². The van der Waals surface area contributed by atoms with Crippen molar-refractivity contribution in [2.45, 2.75) is 13.1 Å². The molecule has 2 N–H and O–H groups in total. The van der Waals surface area contributed by atoms with Crippen LogP contribution in [0.25, 0.3) is 0 Å². The molecule has 0 aliphatic carbocycles. The van der Waals surface area contributed by atoms with Crippen molar-refractivity contribution in [3.63, 3.8) is 0 Å². The first kappa shape index (κ1) is 12.4. The summed E-state index contributed by atoms with van der Waals surface area (Å²) in [6, 6.07) is 7.56. The molecule has 1 aromatic carbocycles. The standard InChI is InChI=1S/C13H17N3O2/c1-17-12-7-11(10-14)8-13(9-12)18-6-5-16-4-2-3-15-16/h2-4,7-9H,5-6,10,14H2,1H3. The number of nitrogens with zero attached hydrogens (tertiary/aromatic N) is 2. The fourth-order valence-electron chi connectivity index (χ4n) is 1.64. The Morgan fingerprint density at radius 2 is 2.11 bits per heavy atom. The van der Waals surface area contributed by atoms with Gasteiger partial charge in [0.25, 0.3) is 0 Å². The normalized spacial score (nSPS) is 10.3. The highest BCUT2D eigenvalue weighted by atomic mass is 16.5. The second-order valence-electron chi connectivity index (χ2n) is 3.84. The lowest BCUT2D eigenvalue weighted by Gasteiger charge is -2.10. The van der Waals surface area contributed by atoms with Crippen molar-refractivity contribution in [1.82, 2.24) is 9.78 Å². The summed E-state index contributed by atoms with van der Waals surface area (Å²) in [6.07, 6.45) is 3.65. The van der Waals surface area contributed by atoms with Gasteiger partial charge in [0.1, 0.15) is 18.1 Å². The smallest absolute Gasteiger partial charge is 0.123 e. The lowest BCUT2D eigenvalue weighted by Crippen LogP contribution is -2.09. The minimum Gasteiger partial charge on any atom is -0.497 e. The minimum atomic E-state index is 0.465. The molecule has 0 aliphatic heterocycles. The maximum absolute atomic E-state index is 5.67. The molecule has 5 heteroatoms. The summed E-state index contributed by atoms with van der Waals surface area (Å²) >= 11 is 0. The van der Waals surface area contributed by atoms with Gasteiger partial charge >= 0.3 is 0 Å². The first-order valence-corrected chi connectivity index (χ1v) is 5.80. The molecule has 0 spiro atoms. The van der Waals surface area contributed by atoms with E-state index < -0.39 is 0 Å². The van der Waals surface area contributed by atoms with E-state index in [4.69, 9.17) is 15.2 Å². The van der Waals surface area contributed by atoms with Gasteiger partial charge in [0, 0.05) is 25.0 Å². The molecule has 96 valence electrons. The van der Waals surface area contributed by atoms with Crippen LogP contribution in [-0.2, 0) is 13.1 Å². The van der Waals surface area contributed by atoms with Crippen LogP contribution in [0.15, 0.2) is 36.7 Å². The molecule has 0 bridgehead atoms. The van der Waals surface area contributed by atoms with Crippen LogP contribution in [0, 0.1) is 0 Å². The number of ether oxygens (including phenoxy) is 2. The Bertz CT molecular complexity index is 461. The molecule has 0 saturated carbocycles. The van der Waals surface area contributed by atoms with Crippen LogP contribution in [0.1, 0.15) is 5.56 Å². The fraction of sp³-hybridized carbons (Fsp3) is 0.308. The Hall–Kier alpha value is -2.01. The lowest BCUT2D eigenvalue weighted by molar-refractivity contribution is 0.289. The maximum atomic E-state index is 5.67. The van der Waals surface area contributed by atoms with Crippen molar-refractivity contribution >= 4 is 0 Å². The third-order valence-electron chi connectivity index (χ3n) is 2.56. The van der Waals surface area contributed by atoms with Gasteiger partial charge in [0.15, 0.2) is 0 Å². The van der Waals surface area contributed by atoms with Gasteiger partial charge in [-0.1, -0.05) is 0 Å². The molecule has 1 heterocycles. The van der Waals surface area contributed by atoms with E-state index in [0.29, 0.717) is 19.7 Å². The summed E-state index contributed by atoms with van der Waals surface area (Å²) in [4.78, 5) is 0. The summed E-state index contributed by atoms with van der Waals surface area (Å²) in [5, 5.41) is 4.11. The molecular weight excluding hydrogens is 230 g/mol. The first-order chi connectivity index (χ1) is 8.81. The van der Waals surface area contributed by atoms with Crippen molar-refractivity contribution in [2.24, 2.45) is 5.73 Å². The number of methoxy groups -OCH3 is 1. The predicted octanol–water partition coefficient (Wildman–Crippen LogP) is 1.43. The lowest BCUT2D eigenvalue weighted by atomic mass is 10.2. The Kier molecular flexibility index (Phi) is 4.20. The van der Waals surface area contributed by atoms with Gasteiger partial charge in [-0.05, 0) is 23.8 Å². The Labute approximate surface area is 106 Å². The molecule has 18 heavy (non-hydrogen) atoms. The highest BCUT2D eigenvalue weighted by molar-refractivity contribution is 5.38. The third kappa shape index (κ3) is 3.24. The predicted molar refractivity (Wildman–Crippen MR) is 68.6 cm³/mol. The quantitative estimate of drug-likeness (QED) is 0.838. The molecule has 0 aliphatic rings. The second-order valence-corrected chi connectivity index (χ2v) is 3.84. The zero-order chi connectivity index (χ0) is 12.8. The SMILES string of the molecule is COc1cc(CN)cc(OCCn2cccn2)c1. The van der Waals surface area contributed by atoms with Crippen molar-refractivity contribution in [2.75, 3.05) is 13.7 Å². The van der Waals surface area contributed by atoms with Crippen molar-refractivity contribution in [1.29, 1.82) is 0 Å². The second kappa shape index (κ2) is 6.07. The zero-order valence-electron chi connectivity index (χ0n) is 10.4. The highest BCUT2D eigenvalue weighted by Gasteiger charge is 2.01. The van der Waals surface area contributed by atoms with Crippen LogP contribution in [0.5, 0.6) is 11.5 Å². The van der Waals surface area contributed by atoms with Gasteiger partial charge in [0.2, 0.25) is 0 Å². The average molecular weight is 247 g/mol. The topological polar surface area (TPSA) is 62.3 Å². The van der Waals surface area contributed by atoms with Crippen molar-refractivity contribution in [3.05, 3.63) is 42.2 Å². The van der Waals surface area contributed by atoms with Crippen molar-refractivity contribution in [3.8, 4) is 11.5 Å². The molecule has 0 amide bonds. The molecule has 0 fully saturated rings. The van der Waals surface area contributed by atoms with Gasteiger partial charge in [-0.3, -0.25) is 4.68 Å². The van der Waals surface area contributed by atoms with E-state index in [1.165, 1.54) is 0 Å². The number of rotatable bonds is 6. The van der Waals surface area contributed by atoms with Crippen LogP contribution < -0.4 is 15.2 Å². The summed E-state index contributed by atoms with van der Waals surface area (Å²) in [5.41, 5.74) is 6.61.